The van der Waals surface area contributed by atoms with E-state index in [0.29, 0.717) is 27.9 Å². The molecule has 0 bridgehead atoms. The molecule has 32 heavy (non-hydrogen) atoms. The van der Waals surface area contributed by atoms with E-state index in [-0.39, 0.29) is 16.9 Å². The molecule has 1 aliphatic heterocycles. The van der Waals surface area contributed by atoms with E-state index >= 15 is 0 Å². The number of aliphatic carboxylic acids is 2. The standard InChI is InChI=1S/C23H24N2O6S/c1-5-23(22(30)31,16-9-7-6-8-10-16)24-12-17(20(26)27)32-25(24)19-14(3)11-13(2)18(15(19)4)21(28)29/h6-12H,5H2,1-4H3,(H,26,27)(H,28,29)(H,30,31). The average molecular weight is 457 g/mol. The molecule has 3 rings (SSSR count). The summed E-state index contributed by atoms with van der Waals surface area (Å²) < 4.78 is 1.49. The van der Waals surface area contributed by atoms with Crippen LogP contribution in [-0.2, 0) is 15.1 Å². The maximum Gasteiger partial charge on any atom is 0.345 e. The zero-order valence-corrected chi connectivity index (χ0v) is 18.9. The third kappa shape index (κ3) is 3.58. The Hall–Kier alpha value is -3.46. The highest BCUT2D eigenvalue weighted by molar-refractivity contribution is 8.05. The van der Waals surface area contributed by atoms with Gasteiger partial charge in [-0.1, -0.05) is 43.3 Å². The SMILES string of the molecule is CCC(C(=O)O)(c1ccccc1)N1C=C(C(=O)O)SN1c1c(C)cc(C)c(C(=O)O)c1C. The van der Waals surface area contributed by atoms with Crippen molar-refractivity contribution in [3.63, 3.8) is 0 Å². The minimum absolute atomic E-state index is 0.0729. The number of benzene rings is 2. The molecule has 0 saturated heterocycles. The summed E-state index contributed by atoms with van der Waals surface area (Å²) in [7, 11) is 0. The first-order valence-corrected chi connectivity index (χ1v) is 10.7. The quantitative estimate of drug-likeness (QED) is 0.524. The Morgan fingerprint density at radius 3 is 2.09 bits per heavy atom. The second-order valence-electron chi connectivity index (χ2n) is 7.56. The molecular formula is C23H24N2O6S. The van der Waals surface area contributed by atoms with Crippen LogP contribution < -0.4 is 4.41 Å². The lowest BCUT2D eigenvalue weighted by Gasteiger charge is -2.43. The Kier molecular flexibility index (Phi) is 6.23. The van der Waals surface area contributed by atoms with Gasteiger partial charge in [0, 0.05) is 18.1 Å². The van der Waals surface area contributed by atoms with Crippen LogP contribution in [0.5, 0.6) is 0 Å². The fourth-order valence-electron chi connectivity index (χ4n) is 4.22. The van der Waals surface area contributed by atoms with Gasteiger partial charge in [-0.15, -0.1) is 0 Å². The topological polar surface area (TPSA) is 118 Å². The smallest absolute Gasteiger partial charge is 0.345 e. The first-order chi connectivity index (χ1) is 15.1. The highest BCUT2D eigenvalue weighted by atomic mass is 32.2. The summed E-state index contributed by atoms with van der Waals surface area (Å²) >= 11 is 0.853. The van der Waals surface area contributed by atoms with Crippen LogP contribution in [0.2, 0.25) is 0 Å². The summed E-state index contributed by atoms with van der Waals surface area (Å²) in [6, 6.07) is 10.3. The molecule has 0 amide bonds. The number of hydrogen-bond acceptors (Lipinski definition) is 6. The van der Waals surface area contributed by atoms with Gasteiger partial charge >= 0.3 is 17.9 Å². The van der Waals surface area contributed by atoms with Crippen LogP contribution in [0.15, 0.2) is 47.5 Å². The lowest BCUT2D eigenvalue weighted by atomic mass is 9.86. The predicted molar refractivity (Wildman–Crippen MR) is 121 cm³/mol. The van der Waals surface area contributed by atoms with E-state index in [1.165, 1.54) is 15.6 Å². The molecule has 9 heteroatoms. The van der Waals surface area contributed by atoms with Gasteiger partial charge in [-0.2, -0.15) is 0 Å². The van der Waals surface area contributed by atoms with Crippen molar-refractivity contribution in [1.29, 1.82) is 0 Å². The van der Waals surface area contributed by atoms with Gasteiger partial charge in [-0.05, 0) is 49.4 Å². The molecule has 2 aromatic carbocycles. The fourth-order valence-corrected chi connectivity index (χ4v) is 5.28. The van der Waals surface area contributed by atoms with Crippen LogP contribution in [0.25, 0.3) is 0 Å². The van der Waals surface area contributed by atoms with E-state index in [9.17, 15) is 29.7 Å². The Morgan fingerprint density at radius 2 is 1.59 bits per heavy atom. The molecule has 3 N–H and O–H groups in total. The molecule has 0 fully saturated rings. The summed E-state index contributed by atoms with van der Waals surface area (Å²) in [5.74, 6) is -3.46. The number of carboxylic acid groups (broad SMARTS) is 3. The number of anilines is 1. The normalized spacial score (nSPS) is 15.3. The molecule has 0 radical (unpaired) electrons. The summed E-state index contributed by atoms with van der Waals surface area (Å²) in [6.07, 6.45) is 1.43. The average Bonchev–Trinajstić information content (AvgIpc) is 3.14. The minimum Gasteiger partial charge on any atom is -0.479 e. The largest absolute Gasteiger partial charge is 0.479 e. The van der Waals surface area contributed by atoms with Crippen LogP contribution >= 0.6 is 11.9 Å². The first-order valence-electron chi connectivity index (χ1n) is 9.91. The monoisotopic (exact) mass is 456 g/mol. The summed E-state index contributed by atoms with van der Waals surface area (Å²) in [5.41, 5.74) is 1.11. The van der Waals surface area contributed by atoms with E-state index in [1.54, 1.807) is 64.1 Å². The van der Waals surface area contributed by atoms with Crippen molar-refractivity contribution in [3.05, 3.63) is 75.3 Å². The molecular weight excluding hydrogens is 432 g/mol. The Balaban J connectivity index is 2.33. The third-order valence-electron chi connectivity index (χ3n) is 5.67. The number of carboxylic acids is 3. The Labute approximate surface area is 189 Å². The lowest BCUT2D eigenvalue weighted by Crippen LogP contribution is -2.53. The number of aryl methyl sites for hydroxylation is 2. The molecule has 1 atom stereocenters. The maximum absolute atomic E-state index is 12.7. The first kappa shape index (κ1) is 23.2. The van der Waals surface area contributed by atoms with Crippen molar-refractivity contribution < 1.29 is 29.7 Å². The summed E-state index contributed by atoms with van der Waals surface area (Å²) in [6.45, 7) is 6.84. The van der Waals surface area contributed by atoms with Gasteiger partial charge in [-0.3, -0.25) is 5.01 Å². The number of aromatic carboxylic acids is 1. The van der Waals surface area contributed by atoms with Crippen LogP contribution in [-0.4, -0.2) is 38.2 Å². The van der Waals surface area contributed by atoms with Gasteiger partial charge < -0.3 is 15.3 Å². The van der Waals surface area contributed by atoms with E-state index in [2.05, 4.69) is 0 Å². The molecule has 0 aromatic heterocycles. The number of rotatable bonds is 7. The molecule has 1 heterocycles. The van der Waals surface area contributed by atoms with E-state index in [0.717, 1.165) is 11.9 Å². The number of nitrogens with zero attached hydrogens (tertiary/aromatic N) is 2. The number of hydrazine groups is 1. The van der Waals surface area contributed by atoms with Gasteiger partial charge in [0.15, 0.2) is 5.54 Å². The van der Waals surface area contributed by atoms with Gasteiger partial charge in [-0.25, -0.2) is 18.8 Å². The molecule has 0 spiro atoms. The summed E-state index contributed by atoms with van der Waals surface area (Å²) in [5, 5.41) is 31.2. The number of hydrogen-bond donors (Lipinski definition) is 3. The Bertz CT molecular complexity index is 1130. The van der Waals surface area contributed by atoms with Crippen LogP contribution in [0.3, 0.4) is 0 Å². The van der Waals surface area contributed by atoms with Crippen LogP contribution in [0.4, 0.5) is 5.69 Å². The second-order valence-corrected chi connectivity index (χ2v) is 8.52. The lowest BCUT2D eigenvalue weighted by molar-refractivity contribution is -0.150. The van der Waals surface area contributed by atoms with Gasteiger partial charge in [0.25, 0.3) is 0 Å². The van der Waals surface area contributed by atoms with Crippen LogP contribution in [0, 0.1) is 20.8 Å². The highest BCUT2D eigenvalue weighted by Gasteiger charge is 2.50. The molecule has 1 aliphatic rings. The van der Waals surface area contributed by atoms with Crippen LogP contribution in [0.1, 0.15) is 46.0 Å². The maximum atomic E-state index is 12.7. The predicted octanol–water partition coefficient (Wildman–Crippen LogP) is 4.31. The second kappa shape index (κ2) is 8.58. The van der Waals surface area contributed by atoms with Crippen molar-refractivity contribution in [2.24, 2.45) is 0 Å². The molecule has 8 nitrogen and oxygen atoms in total. The molecule has 168 valence electrons. The van der Waals surface area contributed by atoms with Gasteiger partial charge in [0.05, 0.1) is 11.3 Å². The molecule has 0 aliphatic carbocycles. The third-order valence-corrected chi connectivity index (χ3v) is 6.68. The fraction of sp³-hybridized carbons (Fsp3) is 0.261. The van der Waals surface area contributed by atoms with Crippen molar-refractivity contribution in [1.82, 2.24) is 5.01 Å². The summed E-state index contributed by atoms with van der Waals surface area (Å²) in [4.78, 5) is 36.4. The van der Waals surface area contributed by atoms with E-state index < -0.39 is 23.4 Å². The van der Waals surface area contributed by atoms with Gasteiger partial charge in [0.1, 0.15) is 4.91 Å². The van der Waals surface area contributed by atoms with Crippen molar-refractivity contribution in [3.8, 4) is 0 Å². The van der Waals surface area contributed by atoms with Crippen molar-refractivity contribution in [2.45, 2.75) is 39.7 Å². The number of carbonyl (C=O) groups is 3. The zero-order chi connectivity index (χ0) is 23.8. The van der Waals surface area contributed by atoms with Gasteiger partial charge in [0.2, 0.25) is 0 Å². The zero-order valence-electron chi connectivity index (χ0n) is 18.1. The molecule has 1 unspecified atom stereocenters. The van der Waals surface area contributed by atoms with E-state index in [1.807, 2.05) is 0 Å². The Morgan fingerprint density at radius 1 is 0.969 bits per heavy atom. The van der Waals surface area contributed by atoms with Crippen molar-refractivity contribution >= 4 is 35.5 Å². The minimum atomic E-state index is -1.61. The molecule has 0 saturated carbocycles. The highest BCUT2D eigenvalue weighted by Crippen LogP contribution is 2.48. The molecule has 2 aromatic rings. The van der Waals surface area contributed by atoms with E-state index in [4.69, 9.17) is 0 Å². The van der Waals surface area contributed by atoms with Crippen molar-refractivity contribution in [2.75, 3.05) is 4.41 Å².